The highest BCUT2D eigenvalue weighted by molar-refractivity contribution is 6.31. The Morgan fingerprint density at radius 2 is 1.84 bits per heavy atom. The predicted molar refractivity (Wildman–Crippen MR) is 99.4 cm³/mol. The van der Waals surface area contributed by atoms with E-state index in [-0.39, 0.29) is 24.5 Å². The molecule has 0 bridgehead atoms. The van der Waals surface area contributed by atoms with E-state index < -0.39 is 0 Å². The monoisotopic (exact) mass is 360 g/mol. The zero-order valence-corrected chi connectivity index (χ0v) is 15.2. The number of hydrogen-bond donors (Lipinski definition) is 2. The van der Waals surface area contributed by atoms with E-state index in [4.69, 9.17) is 16.3 Å². The van der Waals surface area contributed by atoms with Crippen molar-refractivity contribution in [1.82, 2.24) is 5.32 Å². The molecule has 0 aromatic heterocycles. The minimum atomic E-state index is -0.357. The molecule has 2 rings (SSSR count). The third-order valence-electron chi connectivity index (χ3n) is 3.44. The van der Waals surface area contributed by atoms with Crippen LogP contribution < -0.4 is 15.4 Å². The van der Waals surface area contributed by atoms with Gasteiger partial charge in [0, 0.05) is 16.6 Å². The van der Waals surface area contributed by atoms with Gasteiger partial charge in [0.15, 0.2) is 6.61 Å². The third kappa shape index (κ3) is 5.22. The minimum absolute atomic E-state index is 0.00500. The van der Waals surface area contributed by atoms with Crippen LogP contribution in [0.2, 0.25) is 5.02 Å². The zero-order valence-electron chi connectivity index (χ0n) is 14.4. The van der Waals surface area contributed by atoms with Crippen molar-refractivity contribution in [1.29, 1.82) is 0 Å². The van der Waals surface area contributed by atoms with Crippen LogP contribution in [0.15, 0.2) is 42.5 Å². The third-order valence-corrected chi connectivity index (χ3v) is 3.85. The van der Waals surface area contributed by atoms with Crippen molar-refractivity contribution >= 4 is 29.1 Å². The maximum Gasteiger partial charge on any atom is 0.262 e. The lowest BCUT2D eigenvalue weighted by Gasteiger charge is -2.14. The summed E-state index contributed by atoms with van der Waals surface area (Å²) < 4.78 is 5.52. The fourth-order valence-electron chi connectivity index (χ4n) is 2.20. The molecule has 2 aromatic carbocycles. The maximum absolute atomic E-state index is 12.2. The van der Waals surface area contributed by atoms with Gasteiger partial charge < -0.3 is 15.4 Å². The molecule has 2 aromatic rings. The highest BCUT2D eigenvalue weighted by Gasteiger charge is 2.14. The summed E-state index contributed by atoms with van der Waals surface area (Å²) in [5.41, 5.74) is 1.62. The Bertz CT molecular complexity index is 775. The van der Waals surface area contributed by atoms with E-state index >= 15 is 0 Å². The highest BCUT2D eigenvalue weighted by Crippen LogP contribution is 2.25. The lowest BCUT2D eigenvalue weighted by atomic mass is 10.1. The van der Waals surface area contributed by atoms with Crippen LogP contribution in [0.25, 0.3) is 0 Å². The van der Waals surface area contributed by atoms with E-state index in [1.807, 2.05) is 20.8 Å². The van der Waals surface area contributed by atoms with Crippen molar-refractivity contribution < 1.29 is 14.3 Å². The molecule has 0 aliphatic heterocycles. The van der Waals surface area contributed by atoms with Crippen molar-refractivity contribution in [2.24, 2.45) is 0 Å². The Kier molecular flexibility index (Phi) is 6.42. The lowest BCUT2D eigenvalue weighted by Crippen LogP contribution is -2.31. The summed E-state index contributed by atoms with van der Waals surface area (Å²) in [4.78, 5) is 24.4. The van der Waals surface area contributed by atoms with E-state index in [2.05, 4.69) is 10.6 Å². The second kappa shape index (κ2) is 8.53. The number of halogens is 1. The molecule has 5 nitrogen and oxygen atoms in total. The Morgan fingerprint density at radius 3 is 2.56 bits per heavy atom. The number of ether oxygens (including phenoxy) is 1. The maximum atomic E-state index is 12.2. The van der Waals surface area contributed by atoms with Gasteiger partial charge in [0.1, 0.15) is 5.75 Å². The summed E-state index contributed by atoms with van der Waals surface area (Å²) in [5, 5.41) is 6.10. The molecule has 0 saturated carbocycles. The molecular formula is C19H21ClN2O3. The summed E-state index contributed by atoms with van der Waals surface area (Å²) in [7, 11) is 0. The Balaban J connectivity index is 2.03. The van der Waals surface area contributed by atoms with Crippen LogP contribution in [0.4, 0.5) is 5.69 Å². The normalized spacial score (nSPS) is 10.4. The van der Waals surface area contributed by atoms with Crippen LogP contribution in [-0.4, -0.2) is 24.5 Å². The van der Waals surface area contributed by atoms with Crippen molar-refractivity contribution in [2.45, 2.75) is 26.8 Å². The van der Waals surface area contributed by atoms with E-state index in [0.717, 1.165) is 5.56 Å². The number of hydrogen-bond acceptors (Lipinski definition) is 3. The molecule has 0 aliphatic rings. The van der Waals surface area contributed by atoms with E-state index in [9.17, 15) is 9.59 Å². The first kappa shape index (κ1) is 18.8. The molecule has 6 heteroatoms. The number of benzene rings is 2. The summed E-state index contributed by atoms with van der Waals surface area (Å²) in [6.45, 7) is 5.39. The molecule has 0 atom stereocenters. The van der Waals surface area contributed by atoms with Crippen LogP contribution in [-0.2, 0) is 4.79 Å². The quantitative estimate of drug-likeness (QED) is 0.823. The number of rotatable bonds is 6. The van der Waals surface area contributed by atoms with Gasteiger partial charge in [-0.3, -0.25) is 9.59 Å². The van der Waals surface area contributed by atoms with Crippen molar-refractivity contribution in [2.75, 3.05) is 11.9 Å². The van der Waals surface area contributed by atoms with E-state index in [1.165, 1.54) is 0 Å². The topological polar surface area (TPSA) is 67.4 Å². The number of carbonyl (C=O) groups excluding carboxylic acids is 2. The summed E-state index contributed by atoms with van der Waals surface area (Å²) in [6.07, 6.45) is 0. The Labute approximate surface area is 152 Å². The Morgan fingerprint density at radius 1 is 1.12 bits per heavy atom. The first-order valence-electron chi connectivity index (χ1n) is 7.96. The van der Waals surface area contributed by atoms with E-state index in [1.54, 1.807) is 42.5 Å². The molecule has 0 fully saturated rings. The van der Waals surface area contributed by atoms with Crippen LogP contribution in [0.5, 0.6) is 5.75 Å². The van der Waals surface area contributed by atoms with Crippen LogP contribution in [0.3, 0.4) is 0 Å². The largest absolute Gasteiger partial charge is 0.483 e. The molecule has 0 unspecified atom stereocenters. The molecule has 0 saturated heterocycles. The van der Waals surface area contributed by atoms with Crippen LogP contribution >= 0.6 is 11.6 Å². The molecular weight excluding hydrogens is 340 g/mol. The van der Waals surface area contributed by atoms with Crippen molar-refractivity contribution in [3.63, 3.8) is 0 Å². The highest BCUT2D eigenvalue weighted by atomic mass is 35.5. The fourth-order valence-corrected chi connectivity index (χ4v) is 2.37. The van der Waals surface area contributed by atoms with Crippen molar-refractivity contribution in [3.8, 4) is 5.75 Å². The molecule has 132 valence electrons. The molecule has 0 heterocycles. The number of nitrogens with one attached hydrogen (secondary N) is 2. The van der Waals surface area contributed by atoms with Crippen LogP contribution in [0, 0.1) is 6.92 Å². The predicted octanol–water partition coefficient (Wildman–Crippen LogP) is 3.80. The summed E-state index contributed by atoms with van der Waals surface area (Å²) >= 11 is 6.03. The molecule has 0 aliphatic carbocycles. The number of carbonyl (C=O) groups is 2. The number of para-hydroxylation sites is 1. The van der Waals surface area contributed by atoms with Crippen molar-refractivity contribution in [3.05, 3.63) is 58.6 Å². The average molecular weight is 361 g/mol. The van der Waals surface area contributed by atoms with Gasteiger partial charge in [-0.1, -0.05) is 29.8 Å². The van der Waals surface area contributed by atoms with Gasteiger partial charge in [-0.15, -0.1) is 0 Å². The lowest BCUT2D eigenvalue weighted by molar-refractivity contribution is -0.118. The minimum Gasteiger partial charge on any atom is -0.483 e. The van der Waals surface area contributed by atoms with Gasteiger partial charge >= 0.3 is 0 Å². The SMILES string of the molecule is Cc1c(Cl)cccc1OCC(=O)Nc1ccccc1C(=O)NC(C)C. The Hall–Kier alpha value is -2.53. The standard InChI is InChI=1S/C19H21ClN2O3/c1-12(2)21-19(24)14-7-4-5-9-16(14)22-18(23)11-25-17-10-6-8-15(20)13(17)3/h4-10,12H,11H2,1-3H3,(H,21,24)(H,22,23). The smallest absolute Gasteiger partial charge is 0.262 e. The fraction of sp³-hybridized carbons (Fsp3) is 0.263. The number of amides is 2. The first-order valence-corrected chi connectivity index (χ1v) is 8.34. The van der Waals surface area contributed by atoms with E-state index in [0.29, 0.717) is 22.0 Å². The second-order valence-corrected chi connectivity index (χ2v) is 6.28. The summed E-state index contributed by atoms with van der Waals surface area (Å²) in [6, 6.07) is 12.1. The molecule has 2 N–H and O–H groups in total. The molecule has 0 spiro atoms. The second-order valence-electron chi connectivity index (χ2n) is 5.87. The van der Waals surface area contributed by atoms with Gasteiger partial charge in [-0.25, -0.2) is 0 Å². The average Bonchev–Trinajstić information content (AvgIpc) is 2.56. The molecule has 0 radical (unpaired) electrons. The van der Waals surface area contributed by atoms with Gasteiger partial charge in [-0.2, -0.15) is 0 Å². The van der Waals surface area contributed by atoms with Gasteiger partial charge in [-0.05, 0) is 45.0 Å². The zero-order chi connectivity index (χ0) is 18.4. The first-order chi connectivity index (χ1) is 11.9. The van der Waals surface area contributed by atoms with Crippen LogP contribution in [0.1, 0.15) is 29.8 Å². The molecule has 2 amide bonds. The van der Waals surface area contributed by atoms with Gasteiger partial charge in [0.2, 0.25) is 0 Å². The summed E-state index contributed by atoms with van der Waals surface area (Å²) in [5.74, 6) is -0.0461. The van der Waals surface area contributed by atoms with Gasteiger partial charge in [0.25, 0.3) is 11.8 Å². The van der Waals surface area contributed by atoms with Gasteiger partial charge in [0.05, 0.1) is 11.3 Å². The molecule has 25 heavy (non-hydrogen) atoms. The number of anilines is 1.